The lowest BCUT2D eigenvalue weighted by molar-refractivity contribution is 0.362. The molecule has 1 heterocycles. The fourth-order valence-corrected chi connectivity index (χ4v) is 2.29. The van der Waals surface area contributed by atoms with Gasteiger partial charge < -0.3 is 15.2 Å². The largest absolute Gasteiger partial charge is 0.504 e. The van der Waals surface area contributed by atoms with Crippen molar-refractivity contribution < 1.29 is 9.84 Å². The summed E-state index contributed by atoms with van der Waals surface area (Å²) in [4.78, 5) is 0. The van der Waals surface area contributed by atoms with Crippen LogP contribution in [0, 0.1) is 0 Å². The predicted octanol–water partition coefficient (Wildman–Crippen LogP) is 2.00. The number of hydrogen-bond donors (Lipinski definition) is 2. The first-order chi connectivity index (χ1) is 7.27. The maximum atomic E-state index is 9.68. The quantitative estimate of drug-likeness (QED) is 0.779. The second-order valence-corrected chi connectivity index (χ2v) is 3.85. The first kappa shape index (κ1) is 10.3. The number of fused-ring (bicyclic) bond motifs is 1. The molecule has 3 heteroatoms. The average molecular weight is 207 g/mol. The van der Waals surface area contributed by atoms with Gasteiger partial charge in [-0.25, -0.2) is 0 Å². The normalized spacial score (nSPS) is 19.7. The predicted molar refractivity (Wildman–Crippen MR) is 59.4 cm³/mol. The second kappa shape index (κ2) is 4.11. The van der Waals surface area contributed by atoms with E-state index in [0.29, 0.717) is 11.8 Å². The van der Waals surface area contributed by atoms with Gasteiger partial charge in [-0.15, -0.1) is 0 Å². The number of benzene rings is 1. The Morgan fingerprint density at radius 3 is 3.00 bits per heavy atom. The van der Waals surface area contributed by atoms with Crippen molar-refractivity contribution in [1.29, 1.82) is 0 Å². The zero-order valence-electron chi connectivity index (χ0n) is 9.21. The Morgan fingerprint density at radius 2 is 2.33 bits per heavy atom. The van der Waals surface area contributed by atoms with Crippen molar-refractivity contribution in [2.45, 2.75) is 25.8 Å². The zero-order chi connectivity index (χ0) is 10.8. The maximum absolute atomic E-state index is 9.68. The third kappa shape index (κ3) is 1.67. The molecule has 1 aliphatic heterocycles. The highest BCUT2D eigenvalue weighted by atomic mass is 16.5. The minimum atomic E-state index is 0.244. The Labute approximate surface area is 90.1 Å². The summed E-state index contributed by atoms with van der Waals surface area (Å²) in [5.41, 5.74) is 2.42. The monoisotopic (exact) mass is 207 g/mol. The fourth-order valence-electron chi connectivity index (χ4n) is 2.29. The van der Waals surface area contributed by atoms with Gasteiger partial charge >= 0.3 is 0 Å². The SMILES string of the molecule is CCC1NCCc2c1ccc(O)c2OC. The summed E-state index contributed by atoms with van der Waals surface area (Å²) in [7, 11) is 1.61. The van der Waals surface area contributed by atoms with Crippen molar-refractivity contribution in [3.8, 4) is 11.5 Å². The van der Waals surface area contributed by atoms with Crippen LogP contribution < -0.4 is 10.1 Å². The van der Waals surface area contributed by atoms with E-state index < -0.39 is 0 Å². The van der Waals surface area contributed by atoms with Crippen molar-refractivity contribution in [2.24, 2.45) is 0 Å². The van der Waals surface area contributed by atoms with Crippen molar-refractivity contribution in [3.05, 3.63) is 23.3 Å². The molecule has 0 fully saturated rings. The molecule has 1 aromatic rings. The summed E-state index contributed by atoms with van der Waals surface area (Å²) in [6, 6.07) is 4.10. The van der Waals surface area contributed by atoms with Gasteiger partial charge in [-0.3, -0.25) is 0 Å². The lowest BCUT2D eigenvalue weighted by Crippen LogP contribution is -2.29. The molecule has 0 amide bonds. The van der Waals surface area contributed by atoms with Crippen LogP contribution >= 0.6 is 0 Å². The Morgan fingerprint density at radius 1 is 1.53 bits per heavy atom. The molecule has 0 aromatic heterocycles. The Kier molecular flexibility index (Phi) is 2.82. The fraction of sp³-hybridized carbons (Fsp3) is 0.500. The number of phenolic OH excluding ortho intramolecular Hbond substituents is 1. The lowest BCUT2D eigenvalue weighted by Gasteiger charge is -2.27. The van der Waals surface area contributed by atoms with Crippen LogP contribution in [0.15, 0.2) is 12.1 Å². The second-order valence-electron chi connectivity index (χ2n) is 3.85. The van der Waals surface area contributed by atoms with Gasteiger partial charge in [-0.05, 0) is 31.0 Å². The summed E-state index contributed by atoms with van der Waals surface area (Å²) >= 11 is 0. The number of hydrogen-bond acceptors (Lipinski definition) is 3. The smallest absolute Gasteiger partial charge is 0.164 e. The van der Waals surface area contributed by atoms with Crippen LogP contribution in [0.25, 0.3) is 0 Å². The number of methoxy groups -OCH3 is 1. The molecule has 1 atom stereocenters. The Hall–Kier alpha value is -1.22. The van der Waals surface area contributed by atoms with E-state index in [-0.39, 0.29) is 5.75 Å². The molecule has 0 saturated carbocycles. The number of nitrogens with one attached hydrogen (secondary N) is 1. The standard InChI is InChI=1S/C12H17NO2/c1-3-10-8-4-5-11(14)12(15-2)9(8)6-7-13-10/h4-5,10,13-14H,3,6-7H2,1-2H3. The highest BCUT2D eigenvalue weighted by molar-refractivity contribution is 5.52. The maximum Gasteiger partial charge on any atom is 0.164 e. The first-order valence-electron chi connectivity index (χ1n) is 5.40. The highest BCUT2D eigenvalue weighted by Gasteiger charge is 2.22. The van der Waals surface area contributed by atoms with Gasteiger partial charge in [0.05, 0.1) is 7.11 Å². The first-order valence-corrected chi connectivity index (χ1v) is 5.40. The molecule has 0 saturated heterocycles. The summed E-state index contributed by atoms with van der Waals surface area (Å²) in [5.74, 6) is 0.889. The molecule has 0 aliphatic carbocycles. The molecular formula is C12H17NO2. The van der Waals surface area contributed by atoms with Crippen molar-refractivity contribution >= 4 is 0 Å². The number of phenols is 1. The van der Waals surface area contributed by atoms with Gasteiger partial charge in [-0.2, -0.15) is 0 Å². The van der Waals surface area contributed by atoms with E-state index in [1.165, 1.54) is 5.56 Å². The van der Waals surface area contributed by atoms with Crippen LogP contribution in [0.4, 0.5) is 0 Å². The van der Waals surface area contributed by atoms with Gasteiger partial charge in [0.15, 0.2) is 11.5 Å². The molecule has 0 spiro atoms. The minimum Gasteiger partial charge on any atom is -0.504 e. The molecule has 1 unspecified atom stereocenters. The van der Waals surface area contributed by atoms with Crippen molar-refractivity contribution in [1.82, 2.24) is 5.32 Å². The van der Waals surface area contributed by atoms with Crippen LogP contribution in [-0.4, -0.2) is 18.8 Å². The minimum absolute atomic E-state index is 0.244. The van der Waals surface area contributed by atoms with Crippen LogP contribution in [0.5, 0.6) is 11.5 Å². The van der Waals surface area contributed by atoms with Gasteiger partial charge in [0.2, 0.25) is 0 Å². The zero-order valence-corrected chi connectivity index (χ0v) is 9.21. The molecule has 0 radical (unpaired) electrons. The van der Waals surface area contributed by atoms with Crippen LogP contribution in [0.1, 0.15) is 30.5 Å². The van der Waals surface area contributed by atoms with E-state index in [2.05, 4.69) is 12.2 Å². The Bertz CT molecular complexity index is 363. The van der Waals surface area contributed by atoms with E-state index in [9.17, 15) is 5.11 Å². The highest BCUT2D eigenvalue weighted by Crippen LogP contribution is 2.37. The number of rotatable bonds is 2. The van der Waals surface area contributed by atoms with Crippen LogP contribution in [0.3, 0.4) is 0 Å². The molecule has 2 rings (SSSR count). The van der Waals surface area contributed by atoms with Gasteiger partial charge in [-0.1, -0.05) is 13.0 Å². The molecule has 3 nitrogen and oxygen atoms in total. The van der Waals surface area contributed by atoms with E-state index in [1.54, 1.807) is 13.2 Å². The molecule has 2 N–H and O–H groups in total. The molecule has 1 aromatic carbocycles. The van der Waals surface area contributed by atoms with E-state index in [4.69, 9.17) is 4.74 Å². The average Bonchev–Trinajstić information content (AvgIpc) is 2.28. The lowest BCUT2D eigenvalue weighted by atomic mass is 9.92. The van der Waals surface area contributed by atoms with Crippen LogP contribution in [-0.2, 0) is 6.42 Å². The summed E-state index contributed by atoms with van der Waals surface area (Å²) < 4.78 is 5.26. The van der Waals surface area contributed by atoms with E-state index in [0.717, 1.165) is 24.9 Å². The topological polar surface area (TPSA) is 41.5 Å². The third-order valence-electron chi connectivity index (χ3n) is 3.03. The van der Waals surface area contributed by atoms with Crippen molar-refractivity contribution in [3.63, 3.8) is 0 Å². The third-order valence-corrected chi connectivity index (χ3v) is 3.03. The molecule has 82 valence electrons. The summed E-state index contributed by atoms with van der Waals surface area (Å²) in [5, 5.41) is 13.1. The molecular weight excluding hydrogens is 190 g/mol. The molecule has 15 heavy (non-hydrogen) atoms. The summed E-state index contributed by atoms with van der Waals surface area (Å²) in [6.45, 7) is 3.11. The van der Waals surface area contributed by atoms with Gasteiger partial charge in [0.25, 0.3) is 0 Å². The van der Waals surface area contributed by atoms with Gasteiger partial charge in [0.1, 0.15) is 0 Å². The summed E-state index contributed by atoms with van der Waals surface area (Å²) in [6.07, 6.45) is 1.98. The van der Waals surface area contributed by atoms with E-state index in [1.807, 2.05) is 6.07 Å². The molecule has 1 aliphatic rings. The number of aromatic hydroxyl groups is 1. The molecule has 0 bridgehead atoms. The Balaban J connectivity index is 2.51. The number of ether oxygens (including phenoxy) is 1. The van der Waals surface area contributed by atoms with Gasteiger partial charge in [0, 0.05) is 11.6 Å². The van der Waals surface area contributed by atoms with E-state index >= 15 is 0 Å². The van der Waals surface area contributed by atoms with Crippen molar-refractivity contribution in [2.75, 3.05) is 13.7 Å². The van der Waals surface area contributed by atoms with Crippen LogP contribution in [0.2, 0.25) is 0 Å².